The molecule has 110 valence electrons. The SMILES string of the molecule is O=C(C[C@]1(O)[C@H](O)[C@@H](O)CO[C@@H]1CO)c1ccccc1. The van der Waals surface area contributed by atoms with Gasteiger partial charge in [-0.1, -0.05) is 30.3 Å². The van der Waals surface area contributed by atoms with Crippen molar-refractivity contribution in [3.05, 3.63) is 35.9 Å². The molecule has 0 saturated carbocycles. The minimum atomic E-state index is -2.01. The van der Waals surface area contributed by atoms with E-state index in [1.54, 1.807) is 30.3 Å². The van der Waals surface area contributed by atoms with Crippen LogP contribution < -0.4 is 0 Å². The molecule has 0 amide bonds. The van der Waals surface area contributed by atoms with Crippen molar-refractivity contribution in [1.29, 1.82) is 0 Å². The van der Waals surface area contributed by atoms with Gasteiger partial charge in [0, 0.05) is 12.0 Å². The second kappa shape index (κ2) is 5.99. The third kappa shape index (κ3) is 2.74. The van der Waals surface area contributed by atoms with Crippen LogP contribution >= 0.6 is 0 Å². The zero-order chi connectivity index (χ0) is 14.8. The molecule has 0 bridgehead atoms. The maximum atomic E-state index is 12.1. The smallest absolute Gasteiger partial charge is 0.165 e. The molecular weight excluding hydrogens is 264 g/mol. The van der Waals surface area contributed by atoms with Crippen molar-refractivity contribution in [2.75, 3.05) is 13.2 Å². The maximum Gasteiger partial charge on any atom is 0.165 e. The number of ketones is 1. The molecule has 0 aliphatic carbocycles. The standard InChI is InChI=1S/C14H18O6/c15-7-12-14(19,13(18)11(17)8-20-12)6-10(16)9-4-2-1-3-5-9/h1-5,11-13,15,17-19H,6-8H2/t11-,12+,13+,14+/m0/s1. The Hall–Kier alpha value is -1.31. The molecule has 1 fully saturated rings. The summed E-state index contributed by atoms with van der Waals surface area (Å²) < 4.78 is 5.10. The summed E-state index contributed by atoms with van der Waals surface area (Å²) in [4.78, 5) is 12.1. The Bertz CT molecular complexity index is 458. The Morgan fingerprint density at radius 1 is 1.30 bits per heavy atom. The highest BCUT2D eigenvalue weighted by Crippen LogP contribution is 2.30. The number of carbonyl (C=O) groups excluding carboxylic acids is 1. The first-order valence-electron chi connectivity index (χ1n) is 6.38. The largest absolute Gasteiger partial charge is 0.394 e. The number of ether oxygens (including phenoxy) is 1. The molecule has 1 aromatic rings. The third-order valence-corrected chi connectivity index (χ3v) is 3.61. The number of carbonyl (C=O) groups is 1. The summed E-state index contributed by atoms with van der Waals surface area (Å²) in [7, 11) is 0. The van der Waals surface area contributed by atoms with E-state index in [1.807, 2.05) is 0 Å². The fourth-order valence-electron chi connectivity index (χ4n) is 2.39. The predicted molar refractivity (Wildman–Crippen MR) is 69.2 cm³/mol. The number of benzene rings is 1. The van der Waals surface area contributed by atoms with E-state index in [0.717, 1.165) is 0 Å². The van der Waals surface area contributed by atoms with Crippen LogP contribution in [0.15, 0.2) is 30.3 Å². The van der Waals surface area contributed by atoms with Crippen molar-refractivity contribution >= 4 is 5.78 Å². The first-order valence-corrected chi connectivity index (χ1v) is 6.38. The van der Waals surface area contributed by atoms with Crippen molar-refractivity contribution in [2.24, 2.45) is 0 Å². The van der Waals surface area contributed by atoms with E-state index in [0.29, 0.717) is 5.56 Å². The van der Waals surface area contributed by atoms with E-state index < -0.39 is 42.7 Å². The van der Waals surface area contributed by atoms with E-state index in [1.165, 1.54) is 0 Å². The molecule has 1 heterocycles. The molecule has 6 nitrogen and oxygen atoms in total. The molecule has 1 saturated heterocycles. The first kappa shape index (κ1) is 15.1. The van der Waals surface area contributed by atoms with Gasteiger partial charge in [0.15, 0.2) is 5.78 Å². The van der Waals surface area contributed by atoms with Gasteiger partial charge >= 0.3 is 0 Å². The highest BCUT2D eigenvalue weighted by molar-refractivity contribution is 5.96. The van der Waals surface area contributed by atoms with E-state index >= 15 is 0 Å². The molecule has 20 heavy (non-hydrogen) atoms. The summed E-state index contributed by atoms with van der Waals surface area (Å²) in [5.74, 6) is -0.400. The molecule has 1 aliphatic rings. The molecule has 0 radical (unpaired) electrons. The van der Waals surface area contributed by atoms with Crippen LogP contribution in [0, 0.1) is 0 Å². The van der Waals surface area contributed by atoms with Crippen LogP contribution in [0.25, 0.3) is 0 Å². The van der Waals surface area contributed by atoms with Gasteiger partial charge in [-0.25, -0.2) is 0 Å². The van der Waals surface area contributed by atoms with Gasteiger partial charge in [0.1, 0.15) is 23.9 Å². The second-order valence-electron chi connectivity index (χ2n) is 4.97. The van der Waals surface area contributed by atoms with Gasteiger partial charge in [0.2, 0.25) is 0 Å². The number of Topliss-reactive ketones (excluding diaryl/α,β-unsaturated/α-hetero) is 1. The van der Waals surface area contributed by atoms with E-state index in [2.05, 4.69) is 0 Å². The van der Waals surface area contributed by atoms with E-state index in [4.69, 9.17) is 4.74 Å². The highest BCUT2D eigenvalue weighted by atomic mass is 16.5. The van der Waals surface area contributed by atoms with Crippen LogP contribution in [0.5, 0.6) is 0 Å². The second-order valence-corrected chi connectivity index (χ2v) is 4.97. The summed E-state index contributed by atoms with van der Waals surface area (Å²) in [5.41, 5.74) is -1.64. The predicted octanol–water partition coefficient (Wildman–Crippen LogP) is -0.897. The number of hydrogen-bond donors (Lipinski definition) is 4. The van der Waals surface area contributed by atoms with Crippen LogP contribution in [0.4, 0.5) is 0 Å². The average molecular weight is 282 g/mol. The van der Waals surface area contributed by atoms with Gasteiger partial charge in [-0.05, 0) is 0 Å². The zero-order valence-electron chi connectivity index (χ0n) is 10.8. The summed E-state index contributed by atoms with van der Waals surface area (Å²) in [6.45, 7) is -0.753. The molecule has 0 unspecified atom stereocenters. The fourth-order valence-corrected chi connectivity index (χ4v) is 2.39. The van der Waals surface area contributed by atoms with Gasteiger partial charge < -0.3 is 25.2 Å². The Morgan fingerprint density at radius 2 is 1.95 bits per heavy atom. The number of rotatable bonds is 4. The Kier molecular flexibility index (Phi) is 4.52. The lowest BCUT2D eigenvalue weighted by Gasteiger charge is -2.44. The van der Waals surface area contributed by atoms with Crippen molar-refractivity contribution in [1.82, 2.24) is 0 Å². The highest BCUT2D eigenvalue weighted by Gasteiger charge is 2.51. The lowest BCUT2D eigenvalue weighted by Crippen LogP contribution is -2.64. The molecular formula is C14H18O6. The van der Waals surface area contributed by atoms with Gasteiger partial charge in [0.25, 0.3) is 0 Å². The molecule has 2 rings (SSSR count). The minimum Gasteiger partial charge on any atom is -0.394 e. The first-order chi connectivity index (χ1) is 9.49. The monoisotopic (exact) mass is 282 g/mol. The molecule has 0 spiro atoms. The fraction of sp³-hybridized carbons (Fsp3) is 0.500. The summed E-state index contributed by atoms with van der Waals surface area (Å²) in [6.07, 6.45) is -4.42. The van der Waals surface area contributed by atoms with Crippen LogP contribution in [0.1, 0.15) is 16.8 Å². The van der Waals surface area contributed by atoms with Crippen molar-refractivity contribution in [3.8, 4) is 0 Å². The quantitative estimate of drug-likeness (QED) is 0.533. The van der Waals surface area contributed by atoms with Gasteiger partial charge in [-0.3, -0.25) is 4.79 Å². The molecule has 1 aromatic carbocycles. The maximum absolute atomic E-state index is 12.1. The minimum absolute atomic E-state index is 0.200. The van der Waals surface area contributed by atoms with Crippen LogP contribution in [0.3, 0.4) is 0 Å². The lowest BCUT2D eigenvalue weighted by molar-refractivity contribution is -0.247. The number of aliphatic hydroxyl groups excluding tert-OH is 3. The van der Waals surface area contributed by atoms with Crippen molar-refractivity contribution in [2.45, 2.75) is 30.3 Å². The van der Waals surface area contributed by atoms with Crippen LogP contribution in [0.2, 0.25) is 0 Å². The Morgan fingerprint density at radius 3 is 2.55 bits per heavy atom. The normalized spacial score (nSPS) is 33.9. The van der Waals surface area contributed by atoms with Gasteiger partial charge in [0.05, 0.1) is 13.2 Å². The third-order valence-electron chi connectivity index (χ3n) is 3.61. The number of aliphatic hydroxyl groups is 4. The molecule has 4 N–H and O–H groups in total. The van der Waals surface area contributed by atoms with Crippen molar-refractivity contribution < 1.29 is 30.0 Å². The molecule has 4 atom stereocenters. The lowest BCUT2D eigenvalue weighted by atomic mass is 9.80. The van der Waals surface area contributed by atoms with E-state index in [9.17, 15) is 25.2 Å². The van der Waals surface area contributed by atoms with Crippen molar-refractivity contribution in [3.63, 3.8) is 0 Å². The number of hydrogen-bond acceptors (Lipinski definition) is 6. The summed E-state index contributed by atoms with van der Waals surface area (Å²) >= 11 is 0. The topological polar surface area (TPSA) is 107 Å². The molecule has 1 aliphatic heterocycles. The Labute approximate surface area is 116 Å². The summed E-state index contributed by atoms with van der Waals surface area (Å²) in [6, 6.07) is 8.30. The summed E-state index contributed by atoms with van der Waals surface area (Å²) in [5, 5.41) is 39.2. The van der Waals surface area contributed by atoms with Crippen LogP contribution in [-0.2, 0) is 4.74 Å². The molecule has 6 heteroatoms. The molecule has 0 aromatic heterocycles. The zero-order valence-corrected chi connectivity index (χ0v) is 10.8. The van der Waals surface area contributed by atoms with E-state index in [-0.39, 0.29) is 6.61 Å². The van der Waals surface area contributed by atoms with Crippen LogP contribution in [-0.4, -0.2) is 63.3 Å². The average Bonchev–Trinajstić information content (AvgIpc) is 2.46. The van der Waals surface area contributed by atoms with Gasteiger partial charge in [-0.15, -0.1) is 0 Å². The van der Waals surface area contributed by atoms with Gasteiger partial charge in [-0.2, -0.15) is 0 Å². The Balaban J connectivity index is 2.21.